The second-order valence-corrected chi connectivity index (χ2v) is 6.73. The lowest BCUT2D eigenvalue weighted by Crippen LogP contribution is -2.35. The first-order valence-electron chi connectivity index (χ1n) is 8.42. The molecule has 0 N–H and O–H groups in total. The molecule has 0 spiro atoms. The Bertz CT molecular complexity index is 696. The Balaban J connectivity index is 2.01. The minimum Gasteiger partial charge on any atom is -0.486 e. The van der Waals surface area contributed by atoms with Crippen LogP contribution in [0.1, 0.15) is 42.4 Å². The van der Waals surface area contributed by atoms with Crippen molar-refractivity contribution >= 4 is 5.97 Å². The summed E-state index contributed by atoms with van der Waals surface area (Å²) in [5.41, 5.74) is 2.39. The average molecular weight is 329 g/mol. The largest absolute Gasteiger partial charge is 0.486 e. The van der Waals surface area contributed by atoms with Crippen molar-refractivity contribution in [3.05, 3.63) is 22.8 Å². The van der Waals surface area contributed by atoms with E-state index in [9.17, 15) is 10.1 Å². The van der Waals surface area contributed by atoms with E-state index in [0.29, 0.717) is 38.9 Å². The molecular weight excluding hydrogens is 306 g/mol. The van der Waals surface area contributed by atoms with Gasteiger partial charge < -0.3 is 14.2 Å². The fraction of sp³-hybridized carbons (Fsp3) is 0.579. The number of methoxy groups -OCH3 is 1. The number of carbonyl (C=O) groups excluding carboxylic acids is 1. The van der Waals surface area contributed by atoms with Crippen LogP contribution in [-0.4, -0.2) is 26.3 Å². The summed E-state index contributed by atoms with van der Waals surface area (Å²) in [7, 11) is 1.42. The standard InChI is InChI=1S/C19H23NO4/c1-12-10-13(2)16-17(24-9-8-23-16)15(12)19(11-20)6-4-14(5-7-19)18(21)22-3/h10,14H,4-9H2,1-3H3. The van der Waals surface area contributed by atoms with Crippen molar-refractivity contribution in [3.63, 3.8) is 0 Å². The number of rotatable bonds is 2. The zero-order valence-electron chi connectivity index (χ0n) is 14.5. The molecule has 0 bridgehead atoms. The number of nitriles is 1. The van der Waals surface area contributed by atoms with Gasteiger partial charge in [-0.1, -0.05) is 6.07 Å². The van der Waals surface area contributed by atoms with Crippen LogP contribution < -0.4 is 9.47 Å². The summed E-state index contributed by atoms with van der Waals surface area (Å²) in [6.45, 7) is 5.04. The number of fused-ring (bicyclic) bond motifs is 1. The summed E-state index contributed by atoms with van der Waals surface area (Å²) in [4.78, 5) is 11.8. The highest BCUT2D eigenvalue weighted by molar-refractivity contribution is 5.72. The van der Waals surface area contributed by atoms with E-state index < -0.39 is 5.41 Å². The normalized spacial score (nSPS) is 25.7. The fourth-order valence-corrected chi connectivity index (χ4v) is 4.06. The topological polar surface area (TPSA) is 68.6 Å². The van der Waals surface area contributed by atoms with Crippen LogP contribution in [0.4, 0.5) is 0 Å². The molecule has 128 valence electrons. The SMILES string of the molecule is COC(=O)C1CCC(C#N)(c2c(C)cc(C)c3c2OCCO3)CC1. The van der Waals surface area contributed by atoms with Gasteiger partial charge in [0.1, 0.15) is 13.2 Å². The molecule has 0 radical (unpaired) electrons. The minimum absolute atomic E-state index is 0.116. The molecule has 0 atom stereocenters. The number of nitrogens with zero attached hydrogens (tertiary/aromatic N) is 1. The van der Waals surface area contributed by atoms with E-state index in [4.69, 9.17) is 14.2 Å². The van der Waals surface area contributed by atoms with E-state index >= 15 is 0 Å². The Morgan fingerprint density at radius 3 is 2.42 bits per heavy atom. The third-order valence-corrected chi connectivity index (χ3v) is 5.26. The van der Waals surface area contributed by atoms with E-state index in [-0.39, 0.29) is 11.9 Å². The van der Waals surface area contributed by atoms with Gasteiger partial charge in [-0.3, -0.25) is 4.79 Å². The molecule has 5 nitrogen and oxygen atoms in total. The van der Waals surface area contributed by atoms with Crippen molar-refractivity contribution in [2.45, 2.75) is 44.9 Å². The Hall–Kier alpha value is -2.22. The molecule has 1 aromatic carbocycles. The smallest absolute Gasteiger partial charge is 0.308 e. The lowest BCUT2D eigenvalue weighted by Gasteiger charge is -2.37. The maximum atomic E-state index is 11.8. The lowest BCUT2D eigenvalue weighted by molar-refractivity contribution is -0.146. The van der Waals surface area contributed by atoms with Crippen molar-refractivity contribution in [1.82, 2.24) is 0 Å². The van der Waals surface area contributed by atoms with Gasteiger partial charge >= 0.3 is 5.97 Å². The Morgan fingerprint density at radius 2 is 1.83 bits per heavy atom. The molecule has 24 heavy (non-hydrogen) atoms. The maximum absolute atomic E-state index is 11.8. The molecule has 0 unspecified atom stereocenters. The van der Waals surface area contributed by atoms with Gasteiger partial charge in [0, 0.05) is 5.56 Å². The Labute approximate surface area is 142 Å². The zero-order chi connectivity index (χ0) is 17.3. The third kappa shape index (κ3) is 2.60. The van der Waals surface area contributed by atoms with Crippen molar-refractivity contribution in [3.8, 4) is 17.6 Å². The van der Waals surface area contributed by atoms with Gasteiger partial charge in [-0.25, -0.2) is 0 Å². The highest BCUT2D eigenvalue weighted by atomic mass is 16.6. The van der Waals surface area contributed by atoms with E-state index in [1.807, 2.05) is 13.8 Å². The first kappa shape index (κ1) is 16.6. The molecule has 5 heteroatoms. The number of esters is 1. The molecular formula is C19H23NO4. The summed E-state index contributed by atoms with van der Waals surface area (Å²) >= 11 is 0. The van der Waals surface area contributed by atoms with Gasteiger partial charge in [-0.15, -0.1) is 0 Å². The lowest BCUT2D eigenvalue weighted by atomic mass is 9.66. The maximum Gasteiger partial charge on any atom is 0.308 e. The highest BCUT2D eigenvalue weighted by Gasteiger charge is 2.43. The second-order valence-electron chi connectivity index (χ2n) is 6.73. The minimum atomic E-state index is -0.632. The number of aryl methyl sites for hydroxylation is 2. The van der Waals surface area contributed by atoms with Gasteiger partial charge in [-0.2, -0.15) is 5.26 Å². The van der Waals surface area contributed by atoms with Gasteiger partial charge in [0.15, 0.2) is 11.5 Å². The molecule has 1 heterocycles. The van der Waals surface area contributed by atoms with Gasteiger partial charge in [0.25, 0.3) is 0 Å². The van der Waals surface area contributed by atoms with Crippen LogP contribution in [0.2, 0.25) is 0 Å². The van der Waals surface area contributed by atoms with E-state index in [1.54, 1.807) is 0 Å². The van der Waals surface area contributed by atoms with Crippen molar-refractivity contribution in [2.24, 2.45) is 5.92 Å². The summed E-state index contributed by atoms with van der Waals surface area (Å²) < 4.78 is 16.6. The molecule has 1 aliphatic carbocycles. The Kier molecular flexibility index (Phi) is 4.40. The number of ether oxygens (including phenoxy) is 3. The zero-order valence-corrected chi connectivity index (χ0v) is 14.5. The molecule has 1 fully saturated rings. The third-order valence-electron chi connectivity index (χ3n) is 5.26. The van der Waals surface area contributed by atoms with Crippen LogP contribution in [0, 0.1) is 31.1 Å². The van der Waals surface area contributed by atoms with Crippen LogP contribution in [-0.2, 0) is 14.9 Å². The van der Waals surface area contributed by atoms with Gasteiger partial charge in [0.05, 0.1) is 24.5 Å². The number of benzene rings is 1. The Morgan fingerprint density at radius 1 is 1.21 bits per heavy atom. The molecule has 0 amide bonds. The number of hydrogen-bond donors (Lipinski definition) is 0. The molecule has 3 rings (SSSR count). The van der Waals surface area contributed by atoms with Gasteiger partial charge in [0.2, 0.25) is 0 Å². The monoisotopic (exact) mass is 329 g/mol. The predicted octanol–water partition coefficient (Wildman–Crippen LogP) is 3.20. The van der Waals surface area contributed by atoms with Crippen molar-refractivity contribution < 1.29 is 19.0 Å². The molecule has 2 aliphatic rings. The van der Waals surface area contributed by atoms with Crippen LogP contribution in [0.15, 0.2) is 6.07 Å². The number of hydrogen-bond acceptors (Lipinski definition) is 5. The van der Waals surface area contributed by atoms with Crippen LogP contribution >= 0.6 is 0 Å². The quantitative estimate of drug-likeness (QED) is 0.779. The predicted molar refractivity (Wildman–Crippen MR) is 88.2 cm³/mol. The van der Waals surface area contributed by atoms with E-state index in [1.165, 1.54) is 7.11 Å². The average Bonchev–Trinajstić information content (AvgIpc) is 2.61. The van der Waals surface area contributed by atoms with Crippen LogP contribution in [0.3, 0.4) is 0 Å². The van der Waals surface area contributed by atoms with Crippen LogP contribution in [0.25, 0.3) is 0 Å². The highest BCUT2D eigenvalue weighted by Crippen LogP contribution is 2.50. The summed E-state index contributed by atoms with van der Waals surface area (Å²) in [5, 5.41) is 10.0. The summed E-state index contributed by atoms with van der Waals surface area (Å²) in [5.74, 6) is 1.18. The second kappa shape index (κ2) is 6.35. The van der Waals surface area contributed by atoms with Crippen molar-refractivity contribution in [1.29, 1.82) is 5.26 Å². The molecule has 0 saturated heterocycles. The fourth-order valence-electron chi connectivity index (χ4n) is 4.06. The van der Waals surface area contributed by atoms with Gasteiger partial charge in [-0.05, 0) is 50.7 Å². The van der Waals surface area contributed by atoms with E-state index in [0.717, 1.165) is 28.2 Å². The molecule has 1 saturated carbocycles. The first-order chi connectivity index (χ1) is 11.5. The van der Waals surface area contributed by atoms with E-state index in [2.05, 4.69) is 12.1 Å². The molecule has 1 aromatic rings. The first-order valence-corrected chi connectivity index (χ1v) is 8.42. The summed E-state index contributed by atoms with van der Waals surface area (Å²) in [6.07, 6.45) is 2.57. The molecule has 0 aromatic heterocycles. The summed E-state index contributed by atoms with van der Waals surface area (Å²) in [6, 6.07) is 4.60. The molecule has 1 aliphatic heterocycles. The van der Waals surface area contributed by atoms with Crippen molar-refractivity contribution in [2.75, 3.05) is 20.3 Å². The van der Waals surface area contributed by atoms with Crippen LogP contribution in [0.5, 0.6) is 11.5 Å². The number of carbonyl (C=O) groups is 1.